The number of halogens is 1. The van der Waals surface area contributed by atoms with E-state index in [0.717, 1.165) is 43.9 Å². The van der Waals surface area contributed by atoms with Crippen LogP contribution in [0.5, 0.6) is 5.75 Å². The van der Waals surface area contributed by atoms with E-state index in [4.69, 9.17) is 26.2 Å². The summed E-state index contributed by atoms with van der Waals surface area (Å²) in [6, 6.07) is 19.8. The van der Waals surface area contributed by atoms with Gasteiger partial charge in [0.2, 0.25) is 0 Å². The predicted octanol–water partition coefficient (Wildman–Crippen LogP) is 5.51. The summed E-state index contributed by atoms with van der Waals surface area (Å²) in [7, 11) is 0. The minimum absolute atomic E-state index is 0.269. The van der Waals surface area contributed by atoms with Crippen LogP contribution in [0.1, 0.15) is 36.8 Å². The normalized spacial score (nSPS) is 14.3. The van der Waals surface area contributed by atoms with E-state index in [2.05, 4.69) is 10.2 Å². The van der Waals surface area contributed by atoms with Gasteiger partial charge < -0.3 is 14.8 Å². The summed E-state index contributed by atoms with van der Waals surface area (Å²) < 4.78 is 13.1. The van der Waals surface area contributed by atoms with Gasteiger partial charge in [-0.25, -0.2) is 4.68 Å². The molecule has 0 spiro atoms. The van der Waals surface area contributed by atoms with Crippen LogP contribution in [0, 0.1) is 0 Å². The number of rotatable bonds is 8. The molecule has 40 heavy (non-hydrogen) atoms. The third-order valence-corrected chi connectivity index (χ3v) is 7.15. The minimum atomic E-state index is -0.748. The van der Waals surface area contributed by atoms with E-state index in [0.29, 0.717) is 39.8 Å². The summed E-state index contributed by atoms with van der Waals surface area (Å²) in [4.78, 5) is 29.1. The zero-order valence-corrected chi connectivity index (χ0v) is 23.7. The Morgan fingerprint density at radius 1 is 1.00 bits per heavy atom. The molecule has 9 heteroatoms. The average Bonchev–Trinajstić information content (AvgIpc) is 3.38. The van der Waals surface area contributed by atoms with Gasteiger partial charge in [0, 0.05) is 47.1 Å². The molecular weight excluding hydrogens is 528 g/mol. The molecule has 1 amide bonds. The van der Waals surface area contributed by atoms with Crippen LogP contribution in [0.15, 0.2) is 66.7 Å². The number of morpholine rings is 1. The maximum Gasteiger partial charge on any atom is 0.297 e. The molecule has 0 atom stereocenters. The van der Waals surface area contributed by atoms with Gasteiger partial charge >= 0.3 is 0 Å². The second-order valence-corrected chi connectivity index (χ2v) is 11.2. The second kappa shape index (κ2) is 11.8. The molecule has 0 aliphatic carbocycles. The summed E-state index contributed by atoms with van der Waals surface area (Å²) in [5.74, 6) is -0.312. The van der Waals surface area contributed by atoms with Crippen LogP contribution in [0.2, 0.25) is 5.02 Å². The highest BCUT2D eigenvalue weighted by Crippen LogP contribution is 2.30. The zero-order chi connectivity index (χ0) is 28.3. The lowest BCUT2D eigenvalue weighted by atomic mass is 9.92. The molecule has 3 aromatic carbocycles. The van der Waals surface area contributed by atoms with Gasteiger partial charge in [-0.1, -0.05) is 56.6 Å². The lowest BCUT2D eigenvalue weighted by Crippen LogP contribution is -2.38. The number of hydrogen-bond acceptors (Lipinski definition) is 6. The largest absolute Gasteiger partial charge is 0.492 e. The Morgan fingerprint density at radius 2 is 1.70 bits per heavy atom. The number of hydrogen-bond donors (Lipinski definition) is 1. The number of benzene rings is 3. The van der Waals surface area contributed by atoms with Crippen molar-refractivity contribution in [1.29, 1.82) is 0 Å². The molecule has 5 rings (SSSR count). The SMILES string of the molecule is CC(C)(C)c1cc(NC(=O)C(=O)c2ccc(OCCN3CCOCC3)c3ccccc23)n(-c2ccc(Cl)cc2)n1. The number of amides is 1. The van der Waals surface area contributed by atoms with Crippen molar-refractivity contribution in [1.82, 2.24) is 14.7 Å². The molecule has 1 saturated heterocycles. The third kappa shape index (κ3) is 6.20. The molecule has 1 N–H and O–H groups in total. The maximum atomic E-state index is 13.5. The fraction of sp³-hybridized carbons (Fsp3) is 0.323. The molecule has 1 aromatic heterocycles. The van der Waals surface area contributed by atoms with Crippen molar-refractivity contribution in [2.75, 3.05) is 44.8 Å². The van der Waals surface area contributed by atoms with Gasteiger partial charge in [-0.3, -0.25) is 14.5 Å². The number of ketones is 1. The maximum absolute atomic E-state index is 13.5. The smallest absolute Gasteiger partial charge is 0.297 e. The number of aromatic nitrogens is 2. The summed E-state index contributed by atoms with van der Waals surface area (Å²) in [5, 5.41) is 9.54. The fourth-order valence-electron chi connectivity index (χ4n) is 4.62. The molecule has 1 fully saturated rings. The van der Waals surface area contributed by atoms with Gasteiger partial charge in [0.1, 0.15) is 18.2 Å². The van der Waals surface area contributed by atoms with Crippen LogP contribution < -0.4 is 10.1 Å². The Labute approximate surface area is 238 Å². The topological polar surface area (TPSA) is 85.7 Å². The number of fused-ring (bicyclic) bond motifs is 1. The Hall–Kier alpha value is -3.72. The third-order valence-electron chi connectivity index (χ3n) is 6.89. The monoisotopic (exact) mass is 560 g/mol. The van der Waals surface area contributed by atoms with E-state index in [-0.39, 0.29) is 5.41 Å². The highest BCUT2D eigenvalue weighted by atomic mass is 35.5. The summed E-state index contributed by atoms with van der Waals surface area (Å²) in [6.45, 7) is 10.7. The molecule has 208 valence electrons. The predicted molar refractivity (Wildman–Crippen MR) is 157 cm³/mol. The molecular formula is C31H33ClN4O4. The van der Waals surface area contributed by atoms with Crippen LogP contribution in [0.3, 0.4) is 0 Å². The summed E-state index contributed by atoms with van der Waals surface area (Å²) in [5.41, 5.74) is 1.53. The molecule has 4 aromatic rings. The lowest BCUT2D eigenvalue weighted by Gasteiger charge is -2.26. The van der Waals surface area contributed by atoms with Crippen molar-refractivity contribution in [3.05, 3.63) is 83.0 Å². The van der Waals surface area contributed by atoms with Gasteiger partial charge in [-0.15, -0.1) is 0 Å². The number of anilines is 1. The van der Waals surface area contributed by atoms with Crippen LogP contribution in [-0.4, -0.2) is 65.8 Å². The first-order valence-electron chi connectivity index (χ1n) is 13.4. The molecule has 0 saturated carbocycles. The molecule has 0 radical (unpaired) electrons. The van der Waals surface area contributed by atoms with E-state index < -0.39 is 11.7 Å². The van der Waals surface area contributed by atoms with Crippen molar-refractivity contribution in [3.8, 4) is 11.4 Å². The van der Waals surface area contributed by atoms with Crippen LogP contribution in [0.25, 0.3) is 16.5 Å². The van der Waals surface area contributed by atoms with Crippen molar-refractivity contribution in [2.24, 2.45) is 0 Å². The zero-order valence-electron chi connectivity index (χ0n) is 22.9. The van der Waals surface area contributed by atoms with Crippen molar-refractivity contribution in [2.45, 2.75) is 26.2 Å². The first-order chi connectivity index (χ1) is 19.2. The first-order valence-corrected chi connectivity index (χ1v) is 13.8. The van der Waals surface area contributed by atoms with E-state index in [1.54, 1.807) is 35.0 Å². The lowest BCUT2D eigenvalue weighted by molar-refractivity contribution is -0.112. The van der Waals surface area contributed by atoms with Crippen molar-refractivity contribution in [3.63, 3.8) is 0 Å². The summed E-state index contributed by atoms with van der Waals surface area (Å²) >= 11 is 6.07. The quantitative estimate of drug-likeness (QED) is 0.226. The molecule has 1 aliphatic heterocycles. The first kappa shape index (κ1) is 27.8. The highest BCUT2D eigenvalue weighted by Gasteiger charge is 2.25. The van der Waals surface area contributed by atoms with Gasteiger partial charge in [-0.2, -0.15) is 5.10 Å². The van der Waals surface area contributed by atoms with E-state index >= 15 is 0 Å². The Bertz CT molecular complexity index is 1520. The van der Waals surface area contributed by atoms with Crippen molar-refractivity contribution >= 4 is 39.9 Å². The Kier molecular flexibility index (Phi) is 8.21. The van der Waals surface area contributed by atoms with Gasteiger partial charge in [0.25, 0.3) is 11.7 Å². The standard InChI is InChI=1S/C31H33ClN4O4/c1-31(2,3)27-20-28(36(34-27)22-10-8-21(32)9-11-22)33-30(38)29(37)25-12-13-26(24-7-5-4-6-23(24)25)40-19-16-35-14-17-39-18-15-35/h4-13,20H,14-19H2,1-3H3,(H,33,38). The highest BCUT2D eigenvalue weighted by molar-refractivity contribution is 6.48. The number of ether oxygens (including phenoxy) is 2. The van der Waals surface area contributed by atoms with Crippen LogP contribution >= 0.6 is 11.6 Å². The van der Waals surface area contributed by atoms with Crippen LogP contribution in [-0.2, 0) is 14.9 Å². The number of Topliss-reactive ketones (excluding diaryl/α,β-unsaturated/α-hetero) is 1. The van der Waals surface area contributed by atoms with E-state index in [1.807, 2.05) is 57.2 Å². The minimum Gasteiger partial charge on any atom is -0.492 e. The molecule has 0 bridgehead atoms. The number of carbonyl (C=O) groups is 2. The second-order valence-electron chi connectivity index (χ2n) is 10.8. The van der Waals surface area contributed by atoms with Crippen molar-refractivity contribution < 1.29 is 19.1 Å². The number of nitrogens with zero attached hydrogens (tertiary/aromatic N) is 3. The van der Waals surface area contributed by atoms with Crippen LogP contribution in [0.4, 0.5) is 5.82 Å². The Balaban J connectivity index is 1.38. The fourth-order valence-corrected chi connectivity index (χ4v) is 4.74. The summed E-state index contributed by atoms with van der Waals surface area (Å²) in [6.07, 6.45) is 0. The van der Waals surface area contributed by atoms with E-state index in [9.17, 15) is 9.59 Å². The van der Waals surface area contributed by atoms with E-state index in [1.165, 1.54) is 0 Å². The number of carbonyl (C=O) groups excluding carboxylic acids is 2. The number of nitrogens with one attached hydrogen (secondary N) is 1. The Morgan fingerprint density at radius 3 is 2.40 bits per heavy atom. The molecule has 0 unspecified atom stereocenters. The van der Waals surface area contributed by atoms with Gasteiger partial charge in [0.05, 0.1) is 24.6 Å². The molecule has 1 aliphatic rings. The molecule has 8 nitrogen and oxygen atoms in total. The van der Waals surface area contributed by atoms with Gasteiger partial charge in [-0.05, 0) is 41.8 Å². The van der Waals surface area contributed by atoms with Gasteiger partial charge in [0.15, 0.2) is 0 Å². The average molecular weight is 561 g/mol. The molecule has 2 heterocycles.